The normalized spacial score (nSPS) is 23.3. The van der Waals surface area contributed by atoms with Crippen molar-refractivity contribution in [2.24, 2.45) is 0 Å². The van der Waals surface area contributed by atoms with Gasteiger partial charge >= 0.3 is 0 Å². The number of aromatic nitrogens is 1. The molecule has 2 rings (SSSR count). The number of hydrogen-bond donors (Lipinski definition) is 2. The minimum atomic E-state index is 0.00125. The first-order valence-corrected chi connectivity index (χ1v) is 8.27. The van der Waals surface area contributed by atoms with Crippen LogP contribution in [0, 0.1) is 0 Å². The van der Waals surface area contributed by atoms with Gasteiger partial charge in [-0.3, -0.25) is 9.69 Å². The Morgan fingerprint density at radius 2 is 2.05 bits per heavy atom. The van der Waals surface area contributed by atoms with E-state index in [2.05, 4.69) is 43.0 Å². The monoisotopic (exact) mass is 311 g/mol. The van der Waals surface area contributed by atoms with Crippen LogP contribution < -0.4 is 11.1 Å². The van der Waals surface area contributed by atoms with Crippen molar-refractivity contribution >= 4 is 28.2 Å². The Bertz CT molecular complexity index is 492. The molecule has 0 aliphatic carbocycles. The molecular formula is C14H25N5OS. The summed E-state index contributed by atoms with van der Waals surface area (Å²) in [5.41, 5.74) is 5.92. The maximum atomic E-state index is 12.7. The Labute approximate surface area is 130 Å². The van der Waals surface area contributed by atoms with E-state index in [9.17, 15) is 4.79 Å². The predicted molar refractivity (Wildman–Crippen MR) is 87.9 cm³/mol. The first kappa shape index (κ1) is 16.0. The molecule has 0 aromatic carbocycles. The van der Waals surface area contributed by atoms with Gasteiger partial charge in [0, 0.05) is 31.7 Å². The maximum Gasteiger partial charge on any atom is 0.267 e. The van der Waals surface area contributed by atoms with Crippen molar-refractivity contribution in [2.75, 3.05) is 37.7 Å². The summed E-state index contributed by atoms with van der Waals surface area (Å²) in [5, 5.41) is 3.92. The number of carbonyl (C=O) groups excluding carboxylic acids is 1. The number of nitrogens with one attached hydrogen (secondary N) is 1. The third kappa shape index (κ3) is 3.47. The SMILES string of the molecule is CCCNc1nc(N)c(C(=O)N2CC(C)N(C)C(C)C2)s1. The molecule has 0 radical (unpaired) electrons. The number of thiazole rings is 1. The molecule has 6 nitrogen and oxygen atoms in total. The molecular weight excluding hydrogens is 286 g/mol. The highest BCUT2D eigenvalue weighted by Crippen LogP contribution is 2.27. The highest BCUT2D eigenvalue weighted by molar-refractivity contribution is 7.18. The largest absolute Gasteiger partial charge is 0.382 e. The zero-order valence-corrected chi connectivity index (χ0v) is 14.0. The molecule has 2 heterocycles. The standard InChI is InChI=1S/C14H25N5OS/c1-5-6-16-14-17-12(15)11(21-14)13(20)19-7-9(2)18(4)10(3)8-19/h9-10H,5-8,15H2,1-4H3,(H,16,17). The zero-order valence-electron chi connectivity index (χ0n) is 13.2. The smallest absolute Gasteiger partial charge is 0.267 e. The molecule has 1 aromatic rings. The second-order valence-corrected chi connectivity index (χ2v) is 6.73. The van der Waals surface area contributed by atoms with E-state index < -0.39 is 0 Å². The molecule has 7 heteroatoms. The number of hydrogen-bond acceptors (Lipinski definition) is 6. The lowest BCUT2D eigenvalue weighted by atomic mass is 10.1. The summed E-state index contributed by atoms with van der Waals surface area (Å²) >= 11 is 1.35. The molecule has 1 aromatic heterocycles. The van der Waals surface area contributed by atoms with E-state index in [0.29, 0.717) is 22.8 Å². The number of nitrogen functional groups attached to an aromatic ring is 1. The molecule has 118 valence electrons. The van der Waals surface area contributed by atoms with Crippen LogP contribution in [0.4, 0.5) is 10.9 Å². The average Bonchev–Trinajstić information content (AvgIpc) is 2.82. The number of nitrogens with zero attached hydrogens (tertiary/aromatic N) is 3. The number of likely N-dealkylation sites (N-methyl/N-ethyl adjacent to an activating group) is 1. The predicted octanol–water partition coefficient (Wildman–Crippen LogP) is 1.71. The topological polar surface area (TPSA) is 74.5 Å². The third-order valence-corrected chi connectivity index (χ3v) is 5.04. The Kier molecular flexibility index (Phi) is 5.05. The fourth-order valence-electron chi connectivity index (χ4n) is 2.51. The number of nitrogens with two attached hydrogens (primary N) is 1. The highest BCUT2D eigenvalue weighted by atomic mass is 32.1. The molecule has 3 N–H and O–H groups in total. The van der Waals surface area contributed by atoms with Crippen molar-refractivity contribution < 1.29 is 4.79 Å². The van der Waals surface area contributed by atoms with Gasteiger partial charge < -0.3 is 16.0 Å². The number of piperazine rings is 1. The molecule has 0 bridgehead atoms. The van der Waals surface area contributed by atoms with E-state index in [0.717, 1.165) is 31.2 Å². The maximum absolute atomic E-state index is 12.7. The summed E-state index contributed by atoms with van der Waals surface area (Å²) in [6, 6.07) is 0.703. The molecule has 0 saturated carbocycles. The first-order valence-electron chi connectivity index (χ1n) is 7.45. The Hall–Kier alpha value is -1.34. The summed E-state index contributed by atoms with van der Waals surface area (Å²) in [4.78, 5) is 21.7. The molecule has 1 saturated heterocycles. The van der Waals surface area contributed by atoms with Crippen LogP contribution in [-0.4, -0.2) is 59.5 Å². The summed E-state index contributed by atoms with van der Waals surface area (Å²) in [6.45, 7) is 8.66. The summed E-state index contributed by atoms with van der Waals surface area (Å²) in [7, 11) is 2.10. The number of amides is 1. The van der Waals surface area contributed by atoms with Crippen LogP contribution >= 0.6 is 11.3 Å². The van der Waals surface area contributed by atoms with Crippen molar-refractivity contribution in [2.45, 2.75) is 39.3 Å². The minimum Gasteiger partial charge on any atom is -0.382 e. The second kappa shape index (κ2) is 6.62. The summed E-state index contributed by atoms with van der Waals surface area (Å²) in [5.74, 6) is 0.337. The van der Waals surface area contributed by atoms with E-state index in [-0.39, 0.29) is 5.91 Å². The second-order valence-electron chi connectivity index (χ2n) is 5.73. The van der Waals surface area contributed by atoms with Gasteiger partial charge in [-0.1, -0.05) is 18.3 Å². The quantitative estimate of drug-likeness (QED) is 0.885. The van der Waals surface area contributed by atoms with Gasteiger partial charge in [-0.25, -0.2) is 4.98 Å². The molecule has 2 unspecified atom stereocenters. The first-order chi connectivity index (χ1) is 9.93. The number of carbonyl (C=O) groups is 1. The van der Waals surface area contributed by atoms with Crippen LogP contribution in [0.3, 0.4) is 0 Å². The van der Waals surface area contributed by atoms with Gasteiger partial charge in [0.1, 0.15) is 10.7 Å². The van der Waals surface area contributed by atoms with Crippen LogP contribution in [0.1, 0.15) is 36.9 Å². The number of anilines is 2. The van der Waals surface area contributed by atoms with Crippen molar-refractivity contribution in [1.82, 2.24) is 14.8 Å². The van der Waals surface area contributed by atoms with Crippen LogP contribution in [0.5, 0.6) is 0 Å². The van der Waals surface area contributed by atoms with E-state index >= 15 is 0 Å². The number of rotatable bonds is 4. The zero-order chi connectivity index (χ0) is 15.6. The molecule has 1 amide bonds. The van der Waals surface area contributed by atoms with Crippen LogP contribution in [-0.2, 0) is 0 Å². The summed E-state index contributed by atoms with van der Waals surface area (Å²) < 4.78 is 0. The van der Waals surface area contributed by atoms with Gasteiger partial charge in [-0.05, 0) is 27.3 Å². The van der Waals surface area contributed by atoms with Crippen LogP contribution in [0.2, 0.25) is 0 Å². The Balaban J connectivity index is 2.11. The molecule has 0 spiro atoms. The summed E-state index contributed by atoms with van der Waals surface area (Å²) in [6.07, 6.45) is 1.01. The van der Waals surface area contributed by atoms with Crippen molar-refractivity contribution in [1.29, 1.82) is 0 Å². The molecule has 1 aliphatic heterocycles. The fraction of sp³-hybridized carbons (Fsp3) is 0.714. The van der Waals surface area contributed by atoms with Crippen molar-refractivity contribution in [3.05, 3.63) is 4.88 Å². The van der Waals surface area contributed by atoms with E-state index in [1.54, 1.807) is 0 Å². The Morgan fingerprint density at radius 3 is 2.62 bits per heavy atom. The highest BCUT2D eigenvalue weighted by Gasteiger charge is 2.31. The lowest BCUT2D eigenvalue weighted by Crippen LogP contribution is -2.56. The minimum absolute atomic E-state index is 0.00125. The van der Waals surface area contributed by atoms with E-state index in [1.807, 2.05) is 4.90 Å². The van der Waals surface area contributed by atoms with E-state index in [1.165, 1.54) is 11.3 Å². The van der Waals surface area contributed by atoms with Gasteiger partial charge in [0.2, 0.25) is 0 Å². The Morgan fingerprint density at radius 1 is 1.43 bits per heavy atom. The van der Waals surface area contributed by atoms with Gasteiger partial charge in [0.15, 0.2) is 5.13 Å². The lowest BCUT2D eigenvalue weighted by Gasteiger charge is -2.42. The fourth-order valence-corrected chi connectivity index (χ4v) is 3.38. The van der Waals surface area contributed by atoms with Gasteiger partial charge in [-0.15, -0.1) is 0 Å². The van der Waals surface area contributed by atoms with Crippen LogP contribution in [0.25, 0.3) is 0 Å². The van der Waals surface area contributed by atoms with Gasteiger partial charge in [-0.2, -0.15) is 0 Å². The van der Waals surface area contributed by atoms with Gasteiger partial charge in [0.25, 0.3) is 5.91 Å². The molecule has 21 heavy (non-hydrogen) atoms. The van der Waals surface area contributed by atoms with Crippen molar-refractivity contribution in [3.8, 4) is 0 Å². The van der Waals surface area contributed by atoms with Gasteiger partial charge in [0.05, 0.1) is 0 Å². The molecule has 2 atom stereocenters. The average molecular weight is 311 g/mol. The lowest BCUT2D eigenvalue weighted by molar-refractivity contribution is 0.0419. The van der Waals surface area contributed by atoms with Crippen LogP contribution in [0.15, 0.2) is 0 Å². The third-order valence-electron chi connectivity index (χ3n) is 4.02. The molecule has 1 fully saturated rings. The van der Waals surface area contributed by atoms with Crippen molar-refractivity contribution in [3.63, 3.8) is 0 Å². The molecule has 1 aliphatic rings. The van der Waals surface area contributed by atoms with E-state index in [4.69, 9.17) is 5.73 Å².